The molecule has 9 heteroatoms. The Morgan fingerprint density at radius 2 is 1.78 bits per heavy atom. The number of pyridine rings is 1. The molecule has 2 aromatic heterocycles. The minimum Gasteiger partial charge on any atom is -0.465 e. The van der Waals surface area contributed by atoms with Gasteiger partial charge in [0.2, 0.25) is 0 Å². The number of H-pyrrole nitrogens is 1. The van der Waals surface area contributed by atoms with Crippen LogP contribution in [0.3, 0.4) is 0 Å². The highest BCUT2D eigenvalue weighted by atomic mass is 16.5. The molecule has 0 fully saturated rings. The van der Waals surface area contributed by atoms with Gasteiger partial charge in [0.25, 0.3) is 5.56 Å². The van der Waals surface area contributed by atoms with Crippen molar-refractivity contribution in [3.8, 4) is 0 Å². The predicted octanol–water partition coefficient (Wildman–Crippen LogP) is 3.34. The molecule has 2 heterocycles. The molecule has 0 atom stereocenters. The van der Waals surface area contributed by atoms with E-state index in [2.05, 4.69) is 25.8 Å². The number of carbonyl (C=O) groups is 2. The van der Waals surface area contributed by atoms with E-state index in [4.69, 9.17) is 4.74 Å². The van der Waals surface area contributed by atoms with Crippen molar-refractivity contribution in [3.63, 3.8) is 0 Å². The van der Waals surface area contributed by atoms with Crippen molar-refractivity contribution in [2.45, 2.75) is 6.42 Å². The summed E-state index contributed by atoms with van der Waals surface area (Å²) in [5.41, 5.74) is 2.68. The van der Waals surface area contributed by atoms with E-state index in [1.165, 1.54) is 13.3 Å². The van der Waals surface area contributed by atoms with Crippen molar-refractivity contribution in [3.05, 3.63) is 94.2 Å². The van der Waals surface area contributed by atoms with Crippen molar-refractivity contribution < 1.29 is 14.3 Å². The third-order valence-corrected chi connectivity index (χ3v) is 4.79. The first kappa shape index (κ1) is 20.7. The lowest BCUT2D eigenvalue weighted by atomic mass is 10.0. The summed E-state index contributed by atoms with van der Waals surface area (Å²) in [6.07, 6.45) is 3.58. The monoisotopic (exact) mass is 429 g/mol. The lowest BCUT2D eigenvalue weighted by Gasteiger charge is -2.10. The third-order valence-electron chi connectivity index (χ3n) is 4.79. The van der Waals surface area contributed by atoms with Crippen LogP contribution >= 0.6 is 0 Å². The first-order valence-electron chi connectivity index (χ1n) is 9.70. The lowest BCUT2D eigenvalue weighted by Crippen LogP contribution is -2.20. The van der Waals surface area contributed by atoms with Crippen LogP contribution in [-0.4, -0.2) is 34.3 Å². The summed E-state index contributed by atoms with van der Waals surface area (Å²) in [7, 11) is 1.33. The van der Waals surface area contributed by atoms with E-state index >= 15 is 0 Å². The SMILES string of the molecule is COC(=O)c1ccc(Cc2n[nH]c(=O)c3cc(NC(=O)Nc4cccnc4)ccc23)cc1. The number of aromatic amines is 1. The topological polar surface area (TPSA) is 126 Å². The number of carbonyl (C=O) groups excluding carboxylic acids is 2. The average Bonchev–Trinajstić information content (AvgIpc) is 2.81. The maximum absolute atomic E-state index is 12.4. The Hall–Kier alpha value is -4.53. The minimum absolute atomic E-state index is 0.360. The van der Waals surface area contributed by atoms with Crippen LogP contribution in [0.1, 0.15) is 21.6 Å². The highest BCUT2D eigenvalue weighted by molar-refractivity contribution is 6.01. The molecule has 0 aliphatic heterocycles. The van der Waals surface area contributed by atoms with E-state index in [0.717, 1.165) is 5.56 Å². The molecule has 2 aromatic carbocycles. The Morgan fingerprint density at radius 3 is 2.50 bits per heavy atom. The van der Waals surface area contributed by atoms with Gasteiger partial charge in [-0.25, -0.2) is 14.7 Å². The number of nitrogens with zero attached hydrogens (tertiary/aromatic N) is 2. The zero-order chi connectivity index (χ0) is 22.5. The summed E-state index contributed by atoms with van der Waals surface area (Å²) in [5, 5.41) is 13.1. The molecule has 32 heavy (non-hydrogen) atoms. The van der Waals surface area contributed by atoms with Crippen LogP contribution in [0.2, 0.25) is 0 Å². The number of fused-ring (bicyclic) bond motifs is 1. The quantitative estimate of drug-likeness (QED) is 0.418. The largest absolute Gasteiger partial charge is 0.465 e. The molecule has 160 valence electrons. The van der Waals surface area contributed by atoms with Gasteiger partial charge in [0.05, 0.1) is 35.6 Å². The normalized spacial score (nSPS) is 10.5. The van der Waals surface area contributed by atoms with Crippen LogP contribution in [0.15, 0.2) is 71.8 Å². The van der Waals surface area contributed by atoms with Crippen molar-refractivity contribution >= 4 is 34.1 Å². The van der Waals surface area contributed by atoms with Gasteiger partial charge < -0.3 is 15.4 Å². The van der Waals surface area contributed by atoms with Gasteiger partial charge in [-0.15, -0.1) is 0 Å². The number of anilines is 2. The van der Waals surface area contributed by atoms with Crippen LogP contribution in [0.25, 0.3) is 10.8 Å². The number of hydrogen-bond donors (Lipinski definition) is 3. The molecule has 9 nitrogen and oxygen atoms in total. The van der Waals surface area contributed by atoms with Gasteiger partial charge >= 0.3 is 12.0 Å². The fourth-order valence-corrected chi connectivity index (χ4v) is 3.23. The van der Waals surface area contributed by atoms with Gasteiger partial charge in [-0.1, -0.05) is 18.2 Å². The summed E-state index contributed by atoms with van der Waals surface area (Å²) < 4.78 is 4.71. The van der Waals surface area contributed by atoms with Crippen LogP contribution in [0, 0.1) is 0 Å². The van der Waals surface area contributed by atoms with Crippen molar-refractivity contribution in [1.82, 2.24) is 15.2 Å². The molecule has 4 rings (SSSR count). The van der Waals surface area contributed by atoms with Gasteiger partial charge in [0.15, 0.2) is 0 Å². The van der Waals surface area contributed by atoms with Gasteiger partial charge in [0.1, 0.15) is 0 Å². The molecular weight excluding hydrogens is 410 g/mol. The third kappa shape index (κ3) is 4.62. The molecule has 0 radical (unpaired) electrons. The van der Waals surface area contributed by atoms with Gasteiger partial charge in [0, 0.05) is 23.7 Å². The zero-order valence-electron chi connectivity index (χ0n) is 17.1. The number of esters is 1. The standard InChI is InChI=1S/C23H19N5O4/c1-32-22(30)15-6-4-14(5-7-15)11-20-18-9-8-16(12-19(18)21(29)28-27-20)25-23(31)26-17-3-2-10-24-13-17/h2-10,12-13H,11H2,1H3,(H,28,29)(H2,25,26,31). The van der Waals surface area contributed by atoms with E-state index in [9.17, 15) is 14.4 Å². The van der Waals surface area contributed by atoms with Crippen LogP contribution < -0.4 is 16.2 Å². The Labute approximate surface area is 182 Å². The average molecular weight is 429 g/mol. The first-order valence-corrected chi connectivity index (χ1v) is 9.70. The van der Waals surface area contributed by atoms with E-state index in [-0.39, 0.29) is 5.56 Å². The summed E-state index contributed by atoms with van der Waals surface area (Å²) in [6, 6.07) is 15.0. The number of rotatable bonds is 5. The molecule has 0 bridgehead atoms. The number of amides is 2. The highest BCUT2D eigenvalue weighted by Gasteiger charge is 2.11. The fourth-order valence-electron chi connectivity index (χ4n) is 3.23. The molecule has 0 unspecified atom stereocenters. The Bertz CT molecular complexity index is 1330. The van der Waals surface area contributed by atoms with Crippen molar-refractivity contribution in [2.24, 2.45) is 0 Å². The maximum Gasteiger partial charge on any atom is 0.337 e. The van der Waals surface area contributed by atoms with Gasteiger partial charge in [-0.2, -0.15) is 5.10 Å². The van der Waals surface area contributed by atoms with E-state index in [0.29, 0.717) is 39.8 Å². The van der Waals surface area contributed by atoms with Crippen LogP contribution in [0.4, 0.5) is 16.2 Å². The predicted molar refractivity (Wildman–Crippen MR) is 120 cm³/mol. The number of nitrogens with one attached hydrogen (secondary N) is 3. The number of urea groups is 1. The molecule has 3 N–H and O–H groups in total. The molecular formula is C23H19N5O4. The van der Waals surface area contributed by atoms with E-state index < -0.39 is 12.0 Å². The minimum atomic E-state index is -0.450. The smallest absolute Gasteiger partial charge is 0.337 e. The second-order valence-electron chi connectivity index (χ2n) is 6.95. The fraction of sp³-hybridized carbons (Fsp3) is 0.0870. The molecule has 0 aliphatic rings. The van der Waals surface area contributed by atoms with Gasteiger partial charge in [-0.05, 0) is 42.0 Å². The molecule has 0 spiro atoms. The molecule has 4 aromatic rings. The highest BCUT2D eigenvalue weighted by Crippen LogP contribution is 2.21. The van der Waals surface area contributed by atoms with Crippen molar-refractivity contribution in [2.75, 3.05) is 17.7 Å². The number of aromatic nitrogens is 3. The lowest BCUT2D eigenvalue weighted by molar-refractivity contribution is 0.0600. The number of hydrogen-bond acceptors (Lipinski definition) is 6. The first-order chi connectivity index (χ1) is 15.5. The number of methoxy groups -OCH3 is 1. The Morgan fingerprint density at radius 1 is 1.00 bits per heavy atom. The maximum atomic E-state index is 12.4. The molecule has 0 aliphatic carbocycles. The second kappa shape index (κ2) is 9.09. The van der Waals surface area contributed by atoms with E-state index in [1.54, 1.807) is 48.7 Å². The number of benzene rings is 2. The summed E-state index contributed by atoms with van der Waals surface area (Å²) in [4.78, 5) is 40.1. The molecule has 0 saturated heterocycles. The molecule has 2 amide bonds. The summed E-state index contributed by atoms with van der Waals surface area (Å²) >= 11 is 0. The number of ether oxygens (including phenoxy) is 1. The zero-order valence-corrected chi connectivity index (χ0v) is 17.1. The Balaban J connectivity index is 1.55. The summed E-state index contributed by atoms with van der Waals surface area (Å²) in [6.45, 7) is 0. The van der Waals surface area contributed by atoms with Crippen molar-refractivity contribution in [1.29, 1.82) is 0 Å². The van der Waals surface area contributed by atoms with Crippen LogP contribution in [-0.2, 0) is 11.2 Å². The summed E-state index contributed by atoms with van der Waals surface area (Å²) in [5.74, 6) is -0.406. The van der Waals surface area contributed by atoms with Gasteiger partial charge in [-0.3, -0.25) is 9.78 Å². The Kier molecular flexibility index (Phi) is 5.89. The molecule has 0 saturated carbocycles. The van der Waals surface area contributed by atoms with Crippen LogP contribution in [0.5, 0.6) is 0 Å². The second-order valence-corrected chi connectivity index (χ2v) is 6.95. The van der Waals surface area contributed by atoms with E-state index in [1.807, 2.05) is 12.1 Å².